The molecule has 0 amide bonds. The average Bonchev–Trinajstić information content (AvgIpc) is 2.84. The molecule has 2 aromatic rings. The van der Waals surface area contributed by atoms with Crippen molar-refractivity contribution in [1.29, 1.82) is 0 Å². The Balaban J connectivity index is 2.85. The van der Waals surface area contributed by atoms with E-state index in [9.17, 15) is 0 Å². The molecular weight excluding hydrogens is 324 g/mol. The molecule has 0 saturated carbocycles. The van der Waals surface area contributed by atoms with E-state index >= 15 is 0 Å². The minimum absolute atomic E-state index is 0.668. The van der Waals surface area contributed by atoms with E-state index in [0.29, 0.717) is 16.6 Å². The van der Waals surface area contributed by atoms with Crippen LogP contribution in [0.3, 0.4) is 0 Å². The van der Waals surface area contributed by atoms with Crippen molar-refractivity contribution in [3.8, 4) is 5.75 Å². The van der Waals surface area contributed by atoms with Crippen molar-refractivity contribution in [2.45, 2.75) is 64.7 Å². The second kappa shape index (κ2) is 7.54. The molecule has 0 aliphatic rings. The topological polar surface area (TPSA) is 17.4 Å². The minimum Gasteiger partial charge on any atom is -0.497 e. The van der Waals surface area contributed by atoms with Crippen LogP contribution in [0, 0.1) is 0 Å². The first-order chi connectivity index (χ1) is 11.7. The summed E-state index contributed by atoms with van der Waals surface area (Å²) in [4.78, 5) is 2.26. The average molecular weight is 361 g/mol. The number of hydrogen-bond acceptors (Lipinski definition) is 2. The van der Waals surface area contributed by atoms with Crippen molar-refractivity contribution in [2.75, 3.05) is 21.2 Å². The van der Waals surface area contributed by atoms with Crippen LogP contribution >= 0.6 is 0 Å². The third-order valence-electron chi connectivity index (χ3n) is 5.77. The highest BCUT2D eigenvalue weighted by Crippen LogP contribution is 2.45. The lowest BCUT2D eigenvalue weighted by Crippen LogP contribution is -2.51. The summed E-state index contributed by atoms with van der Waals surface area (Å²) in [7, 11) is 4.25. The lowest BCUT2D eigenvalue weighted by Gasteiger charge is -2.44. The summed E-state index contributed by atoms with van der Waals surface area (Å²) in [6.45, 7) is 15.5. The first-order valence-corrected chi connectivity index (χ1v) is 11.7. The van der Waals surface area contributed by atoms with Gasteiger partial charge in [0.25, 0.3) is 0 Å². The van der Waals surface area contributed by atoms with Crippen molar-refractivity contribution in [1.82, 2.24) is 9.13 Å². The van der Waals surface area contributed by atoms with Crippen molar-refractivity contribution in [2.24, 2.45) is 0 Å². The molecule has 2 rings (SSSR count). The third-order valence-corrected chi connectivity index (χ3v) is 12.5. The van der Waals surface area contributed by atoms with E-state index in [1.807, 2.05) is 0 Å². The van der Waals surface area contributed by atoms with Gasteiger partial charge in [-0.3, -0.25) is 0 Å². The van der Waals surface area contributed by atoms with Gasteiger partial charge in [-0.1, -0.05) is 41.5 Å². The van der Waals surface area contributed by atoms with Crippen LogP contribution in [-0.2, 0) is 6.54 Å². The van der Waals surface area contributed by atoms with Gasteiger partial charge in [0.2, 0.25) is 0 Å². The zero-order chi connectivity index (χ0) is 18.9. The van der Waals surface area contributed by atoms with E-state index in [1.165, 1.54) is 16.5 Å². The standard InChI is InChI=1S/C21H36N2OSi/c1-15(2)25(16(3)4,17(5)6)23-14-18(13-22(7)8)20-11-10-19(24-9)12-21(20)23/h10-12,14-17H,13H2,1-9H3. The van der Waals surface area contributed by atoms with Gasteiger partial charge in [0, 0.05) is 29.7 Å². The van der Waals surface area contributed by atoms with Crippen LogP contribution in [0.25, 0.3) is 10.9 Å². The van der Waals surface area contributed by atoms with Crippen molar-refractivity contribution in [3.63, 3.8) is 0 Å². The van der Waals surface area contributed by atoms with E-state index in [0.717, 1.165) is 12.3 Å². The van der Waals surface area contributed by atoms with Gasteiger partial charge < -0.3 is 13.9 Å². The Morgan fingerprint density at radius 1 is 1.00 bits per heavy atom. The molecule has 0 N–H and O–H groups in total. The molecule has 0 aliphatic heterocycles. The zero-order valence-corrected chi connectivity index (χ0v) is 18.6. The van der Waals surface area contributed by atoms with Crippen LogP contribution in [0.1, 0.15) is 47.1 Å². The Morgan fingerprint density at radius 2 is 1.56 bits per heavy atom. The number of rotatable bonds is 7. The van der Waals surface area contributed by atoms with Crippen LogP contribution in [0.5, 0.6) is 5.75 Å². The monoisotopic (exact) mass is 360 g/mol. The molecule has 0 radical (unpaired) electrons. The van der Waals surface area contributed by atoms with Gasteiger partial charge in [-0.15, -0.1) is 0 Å². The fourth-order valence-corrected chi connectivity index (χ4v) is 11.7. The van der Waals surface area contributed by atoms with Crippen LogP contribution in [0.15, 0.2) is 24.4 Å². The Hall–Kier alpha value is -1.26. The van der Waals surface area contributed by atoms with Gasteiger partial charge in [0.05, 0.1) is 7.11 Å². The smallest absolute Gasteiger partial charge is 0.169 e. The molecule has 0 fully saturated rings. The second-order valence-corrected chi connectivity index (χ2v) is 14.2. The Kier molecular flexibility index (Phi) is 6.05. The third kappa shape index (κ3) is 3.39. The summed E-state index contributed by atoms with van der Waals surface area (Å²) in [5.41, 5.74) is 4.77. The van der Waals surface area contributed by atoms with E-state index in [1.54, 1.807) is 7.11 Å². The fraction of sp³-hybridized carbons (Fsp3) is 0.619. The molecule has 3 nitrogen and oxygen atoms in total. The zero-order valence-electron chi connectivity index (χ0n) is 17.6. The number of fused-ring (bicyclic) bond motifs is 1. The molecule has 1 aromatic heterocycles. The predicted molar refractivity (Wildman–Crippen MR) is 112 cm³/mol. The highest BCUT2D eigenvalue weighted by molar-refractivity contribution is 6.82. The molecule has 0 atom stereocenters. The molecule has 0 bridgehead atoms. The number of nitrogens with zero attached hydrogens (tertiary/aromatic N) is 2. The van der Waals surface area contributed by atoms with Crippen LogP contribution in [0.4, 0.5) is 0 Å². The molecule has 0 aliphatic carbocycles. The van der Waals surface area contributed by atoms with Gasteiger partial charge in [0.1, 0.15) is 5.75 Å². The maximum absolute atomic E-state index is 5.55. The van der Waals surface area contributed by atoms with Crippen LogP contribution in [0.2, 0.25) is 16.6 Å². The maximum Gasteiger partial charge on any atom is 0.169 e. The van der Waals surface area contributed by atoms with Crippen LogP contribution in [-0.4, -0.2) is 38.6 Å². The summed E-state index contributed by atoms with van der Waals surface area (Å²) in [5.74, 6) is 0.947. The van der Waals surface area contributed by atoms with Crippen molar-refractivity contribution in [3.05, 3.63) is 30.0 Å². The van der Waals surface area contributed by atoms with Gasteiger partial charge in [0.15, 0.2) is 8.24 Å². The summed E-state index contributed by atoms with van der Waals surface area (Å²) < 4.78 is 8.25. The molecule has 1 aromatic carbocycles. The van der Waals surface area contributed by atoms with E-state index in [-0.39, 0.29) is 0 Å². The Bertz CT molecular complexity index is 694. The fourth-order valence-electron chi connectivity index (χ4n) is 5.03. The lowest BCUT2D eigenvalue weighted by molar-refractivity contribution is 0.404. The predicted octanol–water partition coefficient (Wildman–Crippen LogP) is 5.74. The summed E-state index contributed by atoms with van der Waals surface area (Å²) >= 11 is 0. The molecular formula is C21H36N2OSi. The summed E-state index contributed by atoms with van der Waals surface area (Å²) in [5, 5.41) is 1.37. The van der Waals surface area contributed by atoms with Crippen molar-refractivity contribution < 1.29 is 4.74 Å². The van der Waals surface area contributed by atoms with Gasteiger partial charge >= 0.3 is 0 Å². The maximum atomic E-state index is 5.55. The second-order valence-electron chi connectivity index (χ2n) is 8.50. The molecule has 140 valence electrons. The molecule has 0 spiro atoms. The molecule has 0 unspecified atom stereocenters. The quantitative estimate of drug-likeness (QED) is 0.586. The first-order valence-electron chi connectivity index (χ1n) is 9.49. The molecule has 4 heteroatoms. The normalized spacial score (nSPS) is 13.0. The number of ether oxygens (including phenoxy) is 1. The summed E-state index contributed by atoms with van der Waals surface area (Å²) in [6.07, 6.45) is 2.45. The van der Waals surface area contributed by atoms with Crippen LogP contribution < -0.4 is 4.74 Å². The van der Waals surface area contributed by atoms with Crippen molar-refractivity contribution >= 4 is 19.1 Å². The molecule has 0 saturated heterocycles. The SMILES string of the molecule is COc1ccc2c(CN(C)C)cn([Si](C(C)C)(C(C)C)C(C)C)c2c1. The number of aromatic nitrogens is 1. The van der Waals surface area contributed by atoms with E-state index in [2.05, 4.69) is 89.2 Å². The first kappa shape index (κ1) is 20.1. The Labute approximate surface area is 155 Å². The van der Waals surface area contributed by atoms with Gasteiger partial charge in [-0.05, 0) is 48.4 Å². The highest BCUT2D eigenvalue weighted by atomic mass is 28.3. The van der Waals surface area contributed by atoms with Gasteiger partial charge in [-0.2, -0.15) is 0 Å². The number of benzene rings is 1. The minimum atomic E-state index is -1.79. The Morgan fingerprint density at radius 3 is 2.00 bits per heavy atom. The van der Waals surface area contributed by atoms with E-state index < -0.39 is 8.24 Å². The number of hydrogen-bond donors (Lipinski definition) is 0. The summed E-state index contributed by atoms with van der Waals surface area (Å²) in [6, 6.07) is 6.57. The highest BCUT2D eigenvalue weighted by Gasteiger charge is 2.46. The van der Waals surface area contributed by atoms with E-state index in [4.69, 9.17) is 4.74 Å². The lowest BCUT2D eigenvalue weighted by atomic mass is 10.1. The number of methoxy groups -OCH3 is 1. The molecule has 1 heterocycles. The molecule has 25 heavy (non-hydrogen) atoms. The largest absolute Gasteiger partial charge is 0.497 e. The van der Waals surface area contributed by atoms with Gasteiger partial charge in [-0.25, -0.2) is 0 Å².